The van der Waals surface area contributed by atoms with E-state index in [1.165, 1.54) is 33.7 Å². The summed E-state index contributed by atoms with van der Waals surface area (Å²) in [6, 6.07) is 7.29. The Kier molecular flexibility index (Phi) is 3.60. The van der Waals surface area contributed by atoms with Gasteiger partial charge in [-0.25, -0.2) is 13.9 Å². The number of rotatable bonds is 3. The molecule has 1 saturated heterocycles. The molecular weight excluding hydrogens is 327 g/mol. The first-order valence-electron chi connectivity index (χ1n) is 7.64. The van der Waals surface area contributed by atoms with Gasteiger partial charge in [0, 0.05) is 31.0 Å². The molecule has 1 atom stereocenters. The molecule has 1 aliphatic heterocycles. The van der Waals surface area contributed by atoms with Crippen LogP contribution in [-0.2, 0) is 9.59 Å². The largest absolute Gasteiger partial charge is 0.312 e. The van der Waals surface area contributed by atoms with Crippen molar-refractivity contribution in [3.05, 3.63) is 48.5 Å². The van der Waals surface area contributed by atoms with Gasteiger partial charge in [0.1, 0.15) is 5.82 Å². The van der Waals surface area contributed by atoms with Crippen LogP contribution in [0.2, 0.25) is 0 Å². The molecule has 3 aromatic rings. The Morgan fingerprint density at radius 1 is 1.28 bits per heavy atom. The van der Waals surface area contributed by atoms with E-state index in [4.69, 9.17) is 0 Å². The highest BCUT2D eigenvalue weighted by molar-refractivity contribution is 6.03. The van der Waals surface area contributed by atoms with Crippen LogP contribution in [0.5, 0.6) is 0 Å². The van der Waals surface area contributed by atoms with Crippen LogP contribution in [-0.4, -0.2) is 37.9 Å². The Labute approximate surface area is 141 Å². The molecule has 9 heteroatoms. The molecule has 126 valence electrons. The zero-order valence-corrected chi connectivity index (χ0v) is 13.0. The number of nitrogens with zero attached hydrogens (tertiary/aromatic N) is 5. The molecular formula is C16H13FN6O2. The van der Waals surface area contributed by atoms with Crippen molar-refractivity contribution in [3.63, 3.8) is 0 Å². The minimum Gasteiger partial charge on any atom is -0.312 e. The summed E-state index contributed by atoms with van der Waals surface area (Å²) in [5.74, 6) is -0.928. The summed E-state index contributed by atoms with van der Waals surface area (Å²) in [6.45, 7) is 0.224. The number of carbonyl (C=O) groups excluding carboxylic acids is 2. The molecule has 0 unspecified atom stereocenters. The highest BCUT2D eigenvalue weighted by Gasteiger charge is 2.35. The molecule has 0 radical (unpaired) electrons. The quantitative estimate of drug-likeness (QED) is 0.775. The van der Waals surface area contributed by atoms with Crippen molar-refractivity contribution in [3.8, 4) is 0 Å². The molecule has 0 aliphatic carbocycles. The van der Waals surface area contributed by atoms with Crippen molar-refractivity contribution in [2.75, 3.05) is 16.8 Å². The molecule has 1 aromatic carbocycles. The summed E-state index contributed by atoms with van der Waals surface area (Å²) in [5, 5.41) is 6.72. The Bertz CT molecular complexity index is 922. The van der Waals surface area contributed by atoms with Gasteiger partial charge in [-0.1, -0.05) is 0 Å². The number of hydrogen-bond acceptors (Lipinski definition) is 5. The second-order valence-corrected chi connectivity index (χ2v) is 5.67. The van der Waals surface area contributed by atoms with E-state index in [9.17, 15) is 14.0 Å². The van der Waals surface area contributed by atoms with E-state index in [1.54, 1.807) is 18.5 Å². The fourth-order valence-electron chi connectivity index (χ4n) is 2.75. The van der Waals surface area contributed by atoms with Crippen molar-refractivity contribution < 1.29 is 14.0 Å². The minimum absolute atomic E-state index is 0.0782. The first-order chi connectivity index (χ1) is 12.1. The Morgan fingerprint density at radius 3 is 2.84 bits per heavy atom. The Morgan fingerprint density at radius 2 is 2.08 bits per heavy atom. The van der Waals surface area contributed by atoms with E-state index in [-0.39, 0.29) is 36.5 Å². The molecule has 2 aromatic heterocycles. The van der Waals surface area contributed by atoms with Crippen molar-refractivity contribution in [2.24, 2.45) is 5.92 Å². The SMILES string of the molecule is O=C(Nc1nc2ncccn2n1)[C@@H]1CC(=O)N(c2ccc(F)cc2)C1. The summed E-state index contributed by atoms with van der Waals surface area (Å²) < 4.78 is 14.5. The number of nitrogens with one attached hydrogen (secondary N) is 1. The van der Waals surface area contributed by atoms with Gasteiger partial charge in [0.15, 0.2) is 0 Å². The van der Waals surface area contributed by atoms with E-state index in [1.807, 2.05) is 0 Å². The molecule has 0 saturated carbocycles. The standard InChI is InChI=1S/C16H13FN6O2/c17-11-2-4-12(5-3-11)22-9-10(8-13(22)24)14(25)19-15-20-16-18-6-1-7-23(16)21-15/h1-7,10H,8-9H2,(H,19,21,25)/t10-/m1/s1. The smallest absolute Gasteiger partial charge is 0.253 e. The van der Waals surface area contributed by atoms with Crippen LogP contribution in [0.25, 0.3) is 5.78 Å². The van der Waals surface area contributed by atoms with Crippen molar-refractivity contribution in [1.82, 2.24) is 19.6 Å². The van der Waals surface area contributed by atoms with Crippen LogP contribution in [0.15, 0.2) is 42.7 Å². The number of amides is 2. The normalized spacial score (nSPS) is 17.2. The molecule has 25 heavy (non-hydrogen) atoms. The van der Waals surface area contributed by atoms with Gasteiger partial charge in [-0.05, 0) is 30.3 Å². The molecule has 1 fully saturated rings. The number of carbonyl (C=O) groups is 2. The topological polar surface area (TPSA) is 92.5 Å². The van der Waals surface area contributed by atoms with Gasteiger partial charge in [-0.15, -0.1) is 5.10 Å². The predicted molar refractivity (Wildman–Crippen MR) is 86.3 cm³/mol. The average molecular weight is 340 g/mol. The van der Waals surface area contributed by atoms with Crippen molar-refractivity contribution >= 4 is 29.2 Å². The number of benzene rings is 1. The number of hydrogen-bond donors (Lipinski definition) is 1. The summed E-state index contributed by atoms with van der Waals surface area (Å²) in [5.41, 5.74) is 0.566. The summed E-state index contributed by atoms with van der Waals surface area (Å²) >= 11 is 0. The number of fused-ring (bicyclic) bond motifs is 1. The van der Waals surface area contributed by atoms with E-state index in [2.05, 4.69) is 20.4 Å². The lowest BCUT2D eigenvalue weighted by atomic mass is 10.1. The second-order valence-electron chi connectivity index (χ2n) is 5.67. The van der Waals surface area contributed by atoms with E-state index in [0.29, 0.717) is 11.5 Å². The second kappa shape index (κ2) is 5.93. The zero-order chi connectivity index (χ0) is 17.4. The Balaban J connectivity index is 1.47. The lowest BCUT2D eigenvalue weighted by Crippen LogP contribution is -2.28. The third kappa shape index (κ3) is 2.91. The maximum Gasteiger partial charge on any atom is 0.253 e. The first kappa shape index (κ1) is 15.2. The molecule has 1 N–H and O–H groups in total. The lowest BCUT2D eigenvalue weighted by Gasteiger charge is -2.16. The van der Waals surface area contributed by atoms with Gasteiger partial charge >= 0.3 is 0 Å². The highest BCUT2D eigenvalue weighted by Crippen LogP contribution is 2.26. The van der Waals surface area contributed by atoms with Crippen LogP contribution in [0, 0.1) is 11.7 Å². The van der Waals surface area contributed by atoms with Crippen molar-refractivity contribution in [2.45, 2.75) is 6.42 Å². The number of aromatic nitrogens is 4. The van der Waals surface area contributed by atoms with Gasteiger partial charge in [-0.2, -0.15) is 4.98 Å². The fourth-order valence-corrected chi connectivity index (χ4v) is 2.75. The highest BCUT2D eigenvalue weighted by atomic mass is 19.1. The van der Waals surface area contributed by atoms with E-state index >= 15 is 0 Å². The van der Waals surface area contributed by atoms with E-state index < -0.39 is 5.92 Å². The van der Waals surface area contributed by atoms with Crippen LogP contribution in [0.4, 0.5) is 16.0 Å². The maximum absolute atomic E-state index is 13.0. The third-order valence-corrected chi connectivity index (χ3v) is 3.99. The monoisotopic (exact) mass is 340 g/mol. The lowest BCUT2D eigenvalue weighted by molar-refractivity contribution is -0.122. The molecule has 4 rings (SSSR count). The van der Waals surface area contributed by atoms with Gasteiger partial charge in [-0.3, -0.25) is 14.9 Å². The van der Waals surface area contributed by atoms with Crippen LogP contribution in [0.1, 0.15) is 6.42 Å². The van der Waals surface area contributed by atoms with E-state index in [0.717, 1.165) is 0 Å². The number of anilines is 2. The molecule has 8 nitrogen and oxygen atoms in total. The molecule has 2 amide bonds. The third-order valence-electron chi connectivity index (χ3n) is 3.99. The first-order valence-corrected chi connectivity index (χ1v) is 7.64. The zero-order valence-electron chi connectivity index (χ0n) is 13.0. The van der Waals surface area contributed by atoms with Crippen LogP contribution in [0.3, 0.4) is 0 Å². The van der Waals surface area contributed by atoms with Gasteiger partial charge in [0.25, 0.3) is 11.7 Å². The van der Waals surface area contributed by atoms with Gasteiger partial charge in [0.05, 0.1) is 5.92 Å². The van der Waals surface area contributed by atoms with Crippen LogP contribution >= 0.6 is 0 Å². The average Bonchev–Trinajstić information content (AvgIpc) is 3.18. The summed E-state index contributed by atoms with van der Waals surface area (Å²) in [4.78, 5) is 34.2. The van der Waals surface area contributed by atoms with Gasteiger partial charge in [0.2, 0.25) is 11.8 Å². The minimum atomic E-state index is -0.530. The summed E-state index contributed by atoms with van der Waals surface area (Å²) in [7, 11) is 0. The summed E-state index contributed by atoms with van der Waals surface area (Å²) in [6.07, 6.45) is 3.32. The predicted octanol–water partition coefficient (Wildman–Crippen LogP) is 1.25. The fraction of sp³-hybridized carbons (Fsp3) is 0.188. The molecule has 1 aliphatic rings. The number of halogens is 1. The van der Waals surface area contributed by atoms with Crippen LogP contribution < -0.4 is 10.2 Å². The molecule has 3 heterocycles. The molecule has 0 spiro atoms. The maximum atomic E-state index is 13.0. The molecule has 0 bridgehead atoms. The van der Waals surface area contributed by atoms with Crippen molar-refractivity contribution in [1.29, 1.82) is 0 Å². The Hall–Kier alpha value is -3.36. The van der Waals surface area contributed by atoms with Gasteiger partial charge < -0.3 is 4.90 Å².